The number of nitrogens with zero attached hydrogens (tertiary/aromatic N) is 2. The molecule has 0 aromatic carbocycles. The van der Waals surface area contributed by atoms with Gasteiger partial charge < -0.3 is 15.4 Å². The summed E-state index contributed by atoms with van der Waals surface area (Å²) in [6.07, 6.45) is 1.78. The lowest BCUT2D eigenvalue weighted by Gasteiger charge is -2.03. The summed E-state index contributed by atoms with van der Waals surface area (Å²) in [6.45, 7) is 1.82. The molecule has 0 bridgehead atoms. The van der Waals surface area contributed by atoms with Gasteiger partial charge in [0.1, 0.15) is 0 Å². The van der Waals surface area contributed by atoms with Crippen molar-refractivity contribution in [2.24, 2.45) is 0 Å². The van der Waals surface area contributed by atoms with Crippen LogP contribution in [0.15, 0.2) is 12.3 Å². The molecule has 0 spiro atoms. The highest BCUT2D eigenvalue weighted by atomic mass is 16.6. The molecule has 0 saturated carbocycles. The fourth-order valence-electron chi connectivity index (χ4n) is 1.22. The maximum Gasteiger partial charge on any atom is 0.363 e. The Morgan fingerprint density at radius 3 is 2.80 bits per heavy atom. The van der Waals surface area contributed by atoms with Gasteiger partial charge in [-0.2, -0.15) is 0 Å². The number of carbonyl (C=O) groups excluding carboxylic acids is 1. The molecular weight excluding hydrogens is 198 g/mol. The minimum Gasteiger partial charge on any atom is -0.358 e. The molecule has 1 amide bonds. The highest BCUT2D eigenvalue weighted by Crippen LogP contribution is 2.15. The molecule has 0 fully saturated rings. The van der Waals surface area contributed by atoms with E-state index in [-0.39, 0.29) is 11.7 Å². The molecule has 0 radical (unpaired) electrons. The molecule has 0 atom stereocenters. The minimum absolute atomic E-state index is 0.237. The maximum atomic E-state index is 11.4. The Hall–Kier alpha value is -1.98. The summed E-state index contributed by atoms with van der Waals surface area (Å²) in [5.74, 6) is -0.520. The van der Waals surface area contributed by atoms with E-state index < -0.39 is 4.92 Å². The van der Waals surface area contributed by atoms with E-state index in [1.165, 1.54) is 19.3 Å². The topological polar surface area (TPSA) is 85.1 Å². The van der Waals surface area contributed by atoms with E-state index in [1.807, 2.05) is 6.92 Å². The number of nitrogens with one attached hydrogen (secondary N) is 1. The lowest BCUT2D eigenvalue weighted by molar-refractivity contribution is -0.389. The van der Waals surface area contributed by atoms with Crippen molar-refractivity contribution in [3.63, 3.8) is 0 Å². The first kappa shape index (κ1) is 11.1. The summed E-state index contributed by atoms with van der Waals surface area (Å²) >= 11 is 0. The standard InChI is InChI=1S/C9H11N3O3/c1-3-6-4-8(12(14)15)11-5-7(6)9(13)10-2/h4-5H,3H2,1-2H3,(H,10,13). The van der Waals surface area contributed by atoms with E-state index in [4.69, 9.17) is 0 Å². The van der Waals surface area contributed by atoms with Crippen LogP contribution in [-0.2, 0) is 6.42 Å². The summed E-state index contributed by atoms with van der Waals surface area (Å²) < 4.78 is 0. The van der Waals surface area contributed by atoms with Crippen LogP contribution >= 0.6 is 0 Å². The van der Waals surface area contributed by atoms with Gasteiger partial charge in [-0.3, -0.25) is 4.79 Å². The van der Waals surface area contributed by atoms with Crippen LogP contribution in [0.5, 0.6) is 0 Å². The third-order valence-corrected chi connectivity index (χ3v) is 2.01. The number of nitro groups is 1. The van der Waals surface area contributed by atoms with Crippen molar-refractivity contribution < 1.29 is 9.72 Å². The normalized spacial score (nSPS) is 9.73. The second-order valence-corrected chi connectivity index (χ2v) is 2.89. The van der Waals surface area contributed by atoms with Crippen LogP contribution in [-0.4, -0.2) is 22.9 Å². The molecule has 1 aromatic rings. The Balaban J connectivity index is 3.20. The van der Waals surface area contributed by atoms with Crippen LogP contribution in [0.3, 0.4) is 0 Å². The quantitative estimate of drug-likeness (QED) is 0.592. The molecule has 15 heavy (non-hydrogen) atoms. The van der Waals surface area contributed by atoms with E-state index in [1.54, 1.807) is 0 Å². The Morgan fingerprint density at radius 2 is 2.33 bits per heavy atom. The summed E-state index contributed by atoms with van der Waals surface area (Å²) in [6, 6.07) is 1.32. The largest absolute Gasteiger partial charge is 0.363 e. The molecule has 80 valence electrons. The third-order valence-electron chi connectivity index (χ3n) is 2.01. The molecule has 6 nitrogen and oxygen atoms in total. The molecule has 0 aliphatic rings. The second kappa shape index (κ2) is 4.50. The molecule has 0 saturated heterocycles. The van der Waals surface area contributed by atoms with Gasteiger partial charge in [-0.15, -0.1) is 0 Å². The molecular formula is C9H11N3O3. The zero-order valence-electron chi connectivity index (χ0n) is 8.48. The van der Waals surface area contributed by atoms with Gasteiger partial charge in [-0.05, 0) is 21.9 Å². The van der Waals surface area contributed by atoms with Gasteiger partial charge in [0, 0.05) is 13.1 Å². The molecule has 1 N–H and O–H groups in total. The van der Waals surface area contributed by atoms with Gasteiger partial charge in [-0.1, -0.05) is 6.92 Å². The van der Waals surface area contributed by atoms with Gasteiger partial charge in [-0.25, -0.2) is 0 Å². The van der Waals surface area contributed by atoms with Crippen LogP contribution in [0.25, 0.3) is 0 Å². The minimum atomic E-state index is -0.577. The number of aromatic nitrogens is 1. The lowest BCUT2D eigenvalue weighted by atomic mass is 10.1. The lowest BCUT2D eigenvalue weighted by Crippen LogP contribution is -2.20. The number of rotatable bonds is 3. The molecule has 6 heteroatoms. The van der Waals surface area contributed by atoms with Crippen LogP contribution in [0, 0.1) is 10.1 Å². The van der Waals surface area contributed by atoms with E-state index in [0.29, 0.717) is 17.5 Å². The van der Waals surface area contributed by atoms with Crippen molar-refractivity contribution in [3.05, 3.63) is 33.5 Å². The van der Waals surface area contributed by atoms with E-state index >= 15 is 0 Å². The first-order valence-corrected chi connectivity index (χ1v) is 4.45. The highest BCUT2D eigenvalue weighted by Gasteiger charge is 2.16. The number of amides is 1. The average molecular weight is 209 g/mol. The van der Waals surface area contributed by atoms with Gasteiger partial charge in [0.2, 0.25) is 0 Å². The van der Waals surface area contributed by atoms with Gasteiger partial charge in [0.05, 0.1) is 5.56 Å². The van der Waals surface area contributed by atoms with Crippen molar-refractivity contribution in [3.8, 4) is 0 Å². The molecule has 0 aliphatic carbocycles. The number of hydrogen-bond acceptors (Lipinski definition) is 4. The molecule has 0 aliphatic heterocycles. The third kappa shape index (κ3) is 2.28. The average Bonchev–Trinajstić information content (AvgIpc) is 2.27. The molecule has 1 aromatic heterocycles. The molecule has 0 unspecified atom stereocenters. The monoisotopic (exact) mass is 209 g/mol. The summed E-state index contributed by atoms with van der Waals surface area (Å²) in [4.78, 5) is 24.8. The predicted molar refractivity (Wildman–Crippen MR) is 53.7 cm³/mol. The predicted octanol–water partition coefficient (Wildman–Crippen LogP) is 0.912. The zero-order chi connectivity index (χ0) is 11.4. The first-order chi connectivity index (χ1) is 7.10. The smallest absolute Gasteiger partial charge is 0.358 e. The van der Waals surface area contributed by atoms with E-state index in [2.05, 4.69) is 10.3 Å². The molecule has 1 heterocycles. The second-order valence-electron chi connectivity index (χ2n) is 2.89. The fourth-order valence-corrected chi connectivity index (χ4v) is 1.22. The van der Waals surface area contributed by atoms with Crippen molar-refractivity contribution in [1.29, 1.82) is 0 Å². The van der Waals surface area contributed by atoms with Crippen LogP contribution in [0.2, 0.25) is 0 Å². The van der Waals surface area contributed by atoms with Crippen molar-refractivity contribution in [2.75, 3.05) is 7.05 Å². The Morgan fingerprint density at radius 1 is 1.67 bits per heavy atom. The van der Waals surface area contributed by atoms with E-state index in [0.717, 1.165) is 0 Å². The maximum absolute atomic E-state index is 11.4. The number of hydrogen-bond donors (Lipinski definition) is 1. The highest BCUT2D eigenvalue weighted by molar-refractivity contribution is 5.95. The Kier molecular flexibility index (Phi) is 3.33. The Labute approximate surface area is 86.5 Å². The fraction of sp³-hybridized carbons (Fsp3) is 0.333. The van der Waals surface area contributed by atoms with Gasteiger partial charge >= 0.3 is 5.82 Å². The summed E-state index contributed by atoms with van der Waals surface area (Å²) in [7, 11) is 1.50. The van der Waals surface area contributed by atoms with Gasteiger partial charge in [0.15, 0.2) is 6.20 Å². The van der Waals surface area contributed by atoms with Crippen molar-refractivity contribution in [1.82, 2.24) is 10.3 Å². The van der Waals surface area contributed by atoms with Crippen LogP contribution in [0.1, 0.15) is 22.8 Å². The van der Waals surface area contributed by atoms with E-state index in [9.17, 15) is 14.9 Å². The van der Waals surface area contributed by atoms with Crippen molar-refractivity contribution >= 4 is 11.7 Å². The number of carbonyl (C=O) groups is 1. The zero-order valence-corrected chi connectivity index (χ0v) is 8.48. The summed E-state index contributed by atoms with van der Waals surface area (Å²) in [5.41, 5.74) is 1.00. The first-order valence-electron chi connectivity index (χ1n) is 4.45. The summed E-state index contributed by atoms with van der Waals surface area (Å²) in [5, 5.41) is 12.9. The SMILES string of the molecule is CCc1cc([N+](=O)[O-])ncc1C(=O)NC. The Bertz CT molecular complexity index is 404. The molecule has 1 rings (SSSR count). The number of aryl methyl sites for hydroxylation is 1. The number of pyridine rings is 1. The van der Waals surface area contributed by atoms with Gasteiger partial charge in [0.25, 0.3) is 5.91 Å². The van der Waals surface area contributed by atoms with Crippen molar-refractivity contribution in [2.45, 2.75) is 13.3 Å². The van der Waals surface area contributed by atoms with Crippen LogP contribution in [0.4, 0.5) is 5.82 Å². The van der Waals surface area contributed by atoms with Crippen LogP contribution < -0.4 is 5.32 Å².